The van der Waals surface area contributed by atoms with Crippen molar-refractivity contribution in [1.82, 2.24) is 0 Å². The van der Waals surface area contributed by atoms with Crippen molar-refractivity contribution in [2.75, 3.05) is 0 Å². The fourth-order valence-corrected chi connectivity index (χ4v) is 1.88. The van der Waals surface area contributed by atoms with E-state index >= 15 is 0 Å². The molecule has 88 valence electrons. The zero-order valence-corrected chi connectivity index (χ0v) is 11.5. The summed E-state index contributed by atoms with van der Waals surface area (Å²) in [6.45, 7) is 3.82. The Balaban J connectivity index is 2.33. The van der Waals surface area contributed by atoms with Crippen molar-refractivity contribution in [3.63, 3.8) is 0 Å². The van der Waals surface area contributed by atoms with Crippen LogP contribution < -0.4 is 0 Å². The highest BCUT2D eigenvalue weighted by Gasteiger charge is 2.31. The van der Waals surface area contributed by atoms with Gasteiger partial charge in [-0.3, -0.25) is 4.79 Å². The van der Waals surface area contributed by atoms with Crippen molar-refractivity contribution < 1.29 is 14.6 Å². The molecule has 1 aliphatic carbocycles. The van der Waals surface area contributed by atoms with E-state index in [0.29, 0.717) is 0 Å². The molecule has 0 heterocycles. The Kier molecular flexibility index (Phi) is 4.83. The fraction of sp³-hybridized carbons (Fsp3) is 0.909. The maximum Gasteiger partial charge on any atom is 0.319 e. The van der Waals surface area contributed by atoms with Crippen LogP contribution in [0.5, 0.6) is 0 Å². The van der Waals surface area contributed by atoms with Gasteiger partial charge in [0.15, 0.2) is 0 Å². The van der Waals surface area contributed by atoms with E-state index in [2.05, 4.69) is 22.6 Å². The smallest absolute Gasteiger partial charge is 0.319 e. The van der Waals surface area contributed by atoms with Gasteiger partial charge in [0.1, 0.15) is 10.0 Å². The van der Waals surface area contributed by atoms with Crippen molar-refractivity contribution in [3.8, 4) is 0 Å². The van der Waals surface area contributed by atoms with Crippen molar-refractivity contribution in [2.24, 2.45) is 0 Å². The lowest BCUT2D eigenvalue weighted by molar-refractivity contribution is -0.152. The van der Waals surface area contributed by atoms with Gasteiger partial charge in [0.05, 0.1) is 5.60 Å². The van der Waals surface area contributed by atoms with Crippen LogP contribution in [0.25, 0.3) is 0 Å². The Bertz CT molecular complexity index is 218. The van der Waals surface area contributed by atoms with Gasteiger partial charge in [-0.05, 0) is 39.0 Å². The molecule has 1 atom stereocenters. The molecule has 1 aliphatic rings. The Labute approximate surface area is 105 Å². The summed E-state index contributed by atoms with van der Waals surface area (Å²) in [4.78, 5) is 11.5. The van der Waals surface area contributed by atoms with Gasteiger partial charge in [-0.15, -0.1) is 0 Å². The third kappa shape index (κ3) is 4.26. The first kappa shape index (κ1) is 13.2. The van der Waals surface area contributed by atoms with Gasteiger partial charge in [-0.1, -0.05) is 29.5 Å². The SMILES string of the molecule is CCC(I)C(=O)OC1CCC(C)(O)CC1. The van der Waals surface area contributed by atoms with Crippen molar-refractivity contribution >= 4 is 28.6 Å². The molecule has 1 N–H and O–H groups in total. The van der Waals surface area contributed by atoms with Gasteiger partial charge in [0.25, 0.3) is 0 Å². The Morgan fingerprint density at radius 2 is 2.13 bits per heavy atom. The lowest BCUT2D eigenvalue weighted by Gasteiger charge is -2.32. The molecule has 0 spiro atoms. The lowest BCUT2D eigenvalue weighted by atomic mass is 9.85. The van der Waals surface area contributed by atoms with Gasteiger partial charge >= 0.3 is 5.97 Å². The summed E-state index contributed by atoms with van der Waals surface area (Å²) in [5, 5.41) is 9.74. The predicted octanol–water partition coefficient (Wildman–Crippen LogP) is 2.44. The summed E-state index contributed by atoms with van der Waals surface area (Å²) in [5.41, 5.74) is -0.558. The monoisotopic (exact) mass is 326 g/mol. The molecule has 0 aromatic heterocycles. The van der Waals surface area contributed by atoms with Crippen LogP contribution in [-0.4, -0.2) is 26.7 Å². The van der Waals surface area contributed by atoms with Crippen LogP contribution in [0.4, 0.5) is 0 Å². The average molecular weight is 326 g/mol. The number of hydrogen-bond donors (Lipinski definition) is 1. The highest BCUT2D eigenvalue weighted by molar-refractivity contribution is 14.1. The summed E-state index contributed by atoms with van der Waals surface area (Å²) in [6.07, 6.45) is 3.84. The summed E-state index contributed by atoms with van der Waals surface area (Å²) >= 11 is 2.11. The Morgan fingerprint density at radius 3 is 2.60 bits per heavy atom. The van der Waals surface area contributed by atoms with Crippen LogP contribution in [0.2, 0.25) is 0 Å². The molecule has 1 fully saturated rings. The van der Waals surface area contributed by atoms with Gasteiger partial charge < -0.3 is 9.84 Å². The van der Waals surface area contributed by atoms with Crippen molar-refractivity contribution in [2.45, 2.75) is 61.6 Å². The number of carbonyl (C=O) groups excluding carboxylic acids is 1. The third-order valence-electron chi connectivity index (χ3n) is 2.91. The molecule has 15 heavy (non-hydrogen) atoms. The number of rotatable bonds is 3. The van der Waals surface area contributed by atoms with Crippen LogP contribution in [0.1, 0.15) is 46.0 Å². The molecule has 3 nitrogen and oxygen atoms in total. The maximum atomic E-state index is 11.5. The second-order valence-electron chi connectivity index (χ2n) is 4.51. The molecule has 1 saturated carbocycles. The summed E-state index contributed by atoms with van der Waals surface area (Å²) in [6, 6.07) is 0. The van der Waals surface area contributed by atoms with E-state index in [-0.39, 0.29) is 16.0 Å². The first-order chi connectivity index (χ1) is 6.94. The molecular formula is C11H19IO3. The average Bonchev–Trinajstić information content (AvgIpc) is 2.20. The van der Waals surface area contributed by atoms with Gasteiger partial charge in [-0.2, -0.15) is 0 Å². The summed E-state index contributed by atoms with van der Waals surface area (Å²) < 4.78 is 5.34. The molecular weight excluding hydrogens is 307 g/mol. The first-order valence-electron chi connectivity index (χ1n) is 5.51. The van der Waals surface area contributed by atoms with E-state index in [1.165, 1.54) is 0 Å². The number of alkyl halides is 1. The standard InChI is InChI=1S/C11H19IO3/c1-3-9(12)10(13)15-8-4-6-11(2,14)7-5-8/h8-9,14H,3-7H2,1-2H3. The lowest BCUT2D eigenvalue weighted by Crippen LogP contribution is -2.35. The minimum absolute atomic E-state index is 0.0153. The van der Waals surface area contributed by atoms with Crippen molar-refractivity contribution in [3.05, 3.63) is 0 Å². The molecule has 0 bridgehead atoms. The second-order valence-corrected chi connectivity index (χ2v) is 6.01. The molecule has 0 aromatic rings. The minimum Gasteiger partial charge on any atom is -0.462 e. The number of aliphatic hydroxyl groups is 1. The van der Waals surface area contributed by atoms with Gasteiger partial charge in [0.2, 0.25) is 0 Å². The molecule has 4 heteroatoms. The highest BCUT2D eigenvalue weighted by atomic mass is 127. The fourth-order valence-electron chi connectivity index (χ4n) is 1.74. The largest absolute Gasteiger partial charge is 0.462 e. The quantitative estimate of drug-likeness (QED) is 0.492. The molecule has 1 unspecified atom stereocenters. The minimum atomic E-state index is -0.558. The number of halogens is 1. The second kappa shape index (κ2) is 5.48. The molecule has 0 saturated heterocycles. The summed E-state index contributed by atoms with van der Waals surface area (Å²) in [5.74, 6) is -0.107. The van der Waals surface area contributed by atoms with Gasteiger partial charge in [0, 0.05) is 0 Å². The number of ether oxygens (including phenoxy) is 1. The molecule has 1 rings (SSSR count). The van der Waals surface area contributed by atoms with E-state index in [9.17, 15) is 9.90 Å². The summed E-state index contributed by atoms with van der Waals surface area (Å²) in [7, 11) is 0. The zero-order valence-electron chi connectivity index (χ0n) is 9.33. The Hall–Kier alpha value is 0.160. The first-order valence-corrected chi connectivity index (χ1v) is 6.76. The van der Waals surface area contributed by atoms with E-state index in [4.69, 9.17) is 4.74 Å². The van der Waals surface area contributed by atoms with Crippen molar-refractivity contribution in [1.29, 1.82) is 0 Å². The number of esters is 1. The number of hydrogen-bond acceptors (Lipinski definition) is 3. The molecule has 0 aromatic carbocycles. The zero-order chi connectivity index (χ0) is 11.5. The molecule has 0 aliphatic heterocycles. The topological polar surface area (TPSA) is 46.5 Å². The van der Waals surface area contributed by atoms with Crippen LogP contribution in [-0.2, 0) is 9.53 Å². The van der Waals surface area contributed by atoms with Crippen LogP contribution in [0.3, 0.4) is 0 Å². The molecule has 0 radical (unpaired) electrons. The van der Waals surface area contributed by atoms with Crippen LogP contribution >= 0.6 is 22.6 Å². The Morgan fingerprint density at radius 1 is 1.60 bits per heavy atom. The predicted molar refractivity (Wildman–Crippen MR) is 67.1 cm³/mol. The highest BCUT2D eigenvalue weighted by Crippen LogP contribution is 2.29. The van der Waals surface area contributed by atoms with E-state index in [1.807, 2.05) is 13.8 Å². The van der Waals surface area contributed by atoms with Gasteiger partial charge in [-0.25, -0.2) is 0 Å². The van der Waals surface area contributed by atoms with E-state index < -0.39 is 5.60 Å². The van der Waals surface area contributed by atoms with Crippen LogP contribution in [0.15, 0.2) is 0 Å². The molecule has 0 amide bonds. The van der Waals surface area contributed by atoms with Crippen LogP contribution in [0, 0.1) is 0 Å². The maximum absolute atomic E-state index is 11.5. The third-order valence-corrected chi connectivity index (χ3v) is 4.30. The number of carbonyl (C=O) groups is 1. The van der Waals surface area contributed by atoms with E-state index in [0.717, 1.165) is 32.1 Å². The normalized spacial score (nSPS) is 33.5. The van der Waals surface area contributed by atoms with E-state index in [1.54, 1.807) is 0 Å².